The Labute approximate surface area is 361 Å². The van der Waals surface area contributed by atoms with Crippen LogP contribution in [0.25, 0.3) is 57.7 Å². The molecule has 0 nitrogen and oxygen atoms in total. The summed E-state index contributed by atoms with van der Waals surface area (Å²) >= 11 is 0. The topological polar surface area (TPSA) is 0 Å². The third-order valence-electron chi connectivity index (χ3n) is 15.5. The number of benzene rings is 8. The van der Waals surface area contributed by atoms with E-state index in [4.69, 9.17) is 0 Å². The van der Waals surface area contributed by atoms with Crippen LogP contribution >= 0.6 is 0 Å². The maximum Gasteiger partial charge on any atom is 0.128 e. The van der Waals surface area contributed by atoms with Gasteiger partial charge in [0.25, 0.3) is 0 Å². The van der Waals surface area contributed by atoms with Crippen molar-refractivity contribution >= 4 is 61.2 Å². The number of hydrogen-bond donors (Lipinski definition) is 0. The molecule has 0 amide bonds. The number of fused-ring (bicyclic) bond motifs is 15. The SMILES string of the molecule is CC1(C)c2cc(C=Cc3ccc4c(c3)-c3ccccc3[Si]43Cc4ccccc4C3)ccc2-c2ccc(C=Cc3ccc4c(c3)-c3ccccc3[Si]43Cc4ccccc4C3)cc21. The highest BCUT2D eigenvalue weighted by Gasteiger charge is 2.50. The third kappa shape index (κ3) is 5.10. The van der Waals surface area contributed by atoms with E-state index in [1.54, 1.807) is 43.0 Å². The van der Waals surface area contributed by atoms with Crippen molar-refractivity contribution in [3.8, 4) is 33.4 Å². The molecule has 1 aliphatic carbocycles. The summed E-state index contributed by atoms with van der Waals surface area (Å²) in [6, 6.07) is 70.6. The summed E-state index contributed by atoms with van der Waals surface area (Å²) < 4.78 is 0. The van der Waals surface area contributed by atoms with Crippen LogP contribution in [0.2, 0.25) is 0 Å². The fourth-order valence-corrected chi connectivity index (χ4v) is 23.4. The fourth-order valence-electron chi connectivity index (χ4n) is 12.5. The van der Waals surface area contributed by atoms with Crippen molar-refractivity contribution in [3.63, 3.8) is 0 Å². The van der Waals surface area contributed by atoms with Crippen LogP contribution in [0.5, 0.6) is 0 Å². The summed E-state index contributed by atoms with van der Waals surface area (Å²) in [6.07, 6.45) is 9.29. The molecule has 290 valence electrons. The molecule has 0 N–H and O–H groups in total. The van der Waals surface area contributed by atoms with E-state index in [9.17, 15) is 0 Å². The highest BCUT2D eigenvalue weighted by Crippen LogP contribution is 2.49. The molecule has 0 bridgehead atoms. The summed E-state index contributed by atoms with van der Waals surface area (Å²) in [6.45, 7) is 4.80. The van der Waals surface area contributed by atoms with E-state index in [-0.39, 0.29) is 5.41 Å². The molecule has 13 rings (SSSR count). The molecule has 8 aromatic carbocycles. The second-order valence-corrected chi connectivity index (χ2v) is 26.9. The molecule has 8 aromatic rings. The van der Waals surface area contributed by atoms with Crippen LogP contribution in [-0.4, -0.2) is 16.1 Å². The smallest absolute Gasteiger partial charge is 0.0623 e. The Bertz CT molecular complexity index is 2980. The molecular weight excluding hydrogens is 765 g/mol. The summed E-state index contributed by atoms with van der Waals surface area (Å²) in [7, 11) is -3.74. The Morgan fingerprint density at radius 2 is 0.656 bits per heavy atom. The minimum atomic E-state index is -1.87. The molecule has 0 saturated heterocycles. The molecule has 2 heteroatoms. The molecule has 61 heavy (non-hydrogen) atoms. The molecule has 0 atom stereocenters. The molecule has 4 aliphatic heterocycles. The van der Waals surface area contributed by atoms with E-state index < -0.39 is 16.1 Å². The predicted octanol–water partition coefficient (Wildman–Crippen LogP) is 11.2. The third-order valence-corrected chi connectivity index (χ3v) is 25.3. The van der Waals surface area contributed by atoms with E-state index in [0.29, 0.717) is 0 Å². The lowest BCUT2D eigenvalue weighted by Crippen LogP contribution is -2.57. The summed E-state index contributed by atoms with van der Waals surface area (Å²) in [5, 5.41) is 6.50. The zero-order valence-electron chi connectivity index (χ0n) is 34.8. The van der Waals surface area contributed by atoms with Crippen LogP contribution in [0.1, 0.15) is 69.5 Å². The largest absolute Gasteiger partial charge is 0.128 e. The van der Waals surface area contributed by atoms with Crippen LogP contribution in [0.4, 0.5) is 0 Å². The molecule has 2 spiro atoms. The summed E-state index contributed by atoms with van der Waals surface area (Å²) in [5.41, 5.74) is 22.6. The Hall–Kier alpha value is -6.33. The first-order chi connectivity index (χ1) is 29.9. The molecule has 0 aromatic heterocycles. The van der Waals surface area contributed by atoms with Gasteiger partial charge in [-0.2, -0.15) is 0 Å². The van der Waals surface area contributed by atoms with Crippen molar-refractivity contribution in [2.45, 2.75) is 43.4 Å². The first-order valence-corrected chi connectivity index (χ1v) is 27.0. The molecule has 0 fully saturated rings. The van der Waals surface area contributed by atoms with Crippen molar-refractivity contribution in [1.82, 2.24) is 0 Å². The van der Waals surface area contributed by atoms with Crippen molar-refractivity contribution in [3.05, 3.63) is 225 Å². The van der Waals surface area contributed by atoms with E-state index in [1.165, 1.54) is 90.9 Å². The monoisotopic (exact) mass is 810 g/mol. The van der Waals surface area contributed by atoms with Gasteiger partial charge in [-0.3, -0.25) is 0 Å². The maximum absolute atomic E-state index is 2.48. The standard InChI is InChI=1S/C59H46Si2/c1-59(2)53-33-41(21-19-39-25-29-57-51(31-39)49-15-7-9-17-55(49)60(57)35-43-11-3-4-12-44(43)36-60)23-27-47(53)48-28-24-42(34-54(48)59)22-20-40-26-30-58-52(32-40)50-16-8-10-18-56(50)61(58)37-45-13-5-6-14-46(45)38-61/h3-34H,35-38H2,1-2H3. The lowest BCUT2D eigenvalue weighted by atomic mass is 9.81. The molecule has 0 saturated carbocycles. The lowest BCUT2D eigenvalue weighted by molar-refractivity contribution is 0.660. The van der Waals surface area contributed by atoms with Crippen molar-refractivity contribution < 1.29 is 0 Å². The first-order valence-electron chi connectivity index (χ1n) is 22.2. The van der Waals surface area contributed by atoms with Crippen LogP contribution in [0, 0.1) is 0 Å². The molecule has 0 unspecified atom stereocenters. The van der Waals surface area contributed by atoms with Gasteiger partial charge in [0.2, 0.25) is 0 Å². The van der Waals surface area contributed by atoms with Crippen molar-refractivity contribution in [1.29, 1.82) is 0 Å². The normalized spacial score (nSPS) is 17.0. The van der Waals surface area contributed by atoms with Crippen LogP contribution in [-0.2, 0) is 29.6 Å². The van der Waals surface area contributed by atoms with E-state index in [0.717, 1.165) is 0 Å². The Kier molecular flexibility index (Phi) is 7.46. The Morgan fingerprint density at radius 1 is 0.328 bits per heavy atom. The first kappa shape index (κ1) is 35.4. The van der Waals surface area contributed by atoms with E-state index in [1.807, 2.05) is 0 Å². The van der Waals surface area contributed by atoms with Gasteiger partial charge in [0, 0.05) is 5.41 Å². The average Bonchev–Trinajstić information content (AvgIpc) is 4.07. The highest BCUT2D eigenvalue weighted by molar-refractivity contribution is 7.06. The zero-order chi connectivity index (χ0) is 40.5. The molecule has 0 radical (unpaired) electrons. The summed E-state index contributed by atoms with van der Waals surface area (Å²) in [4.78, 5) is 0. The minimum Gasteiger partial charge on any atom is -0.0623 e. The predicted molar refractivity (Wildman–Crippen MR) is 263 cm³/mol. The van der Waals surface area contributed by atoms with Crippen molar-refractivity contribution in [2.75, 3.05) is 0 Å². The van der Waals surface area contributed by atoms with Crippen molar-refractivity contribution in [2.24, 2.45) is 0 Å². The Balaban J connectivity index is 0.772. The van der Waals surface area contributed by atoms with Crippen LogP contribution in [0.3, 0.4) is 0 Å². The van der Waals surface area contributed by atoms with Gasteiger partial charge in [0.05, 0.1) is 0 Å². The molecular formula is C59H46Si2. The zero-order valence-corrected chi connectivity index (χ0v) is 36.8. The van der Waals surface area contributed by atoms with E-state index in [2.05, 4.69) is 208 Å². The van der Waals surface area contributed by atoms with Gasteiger partial charge in [-0.25, -0.2) is 0 Å². The molecule has 4 heterocycles. The second kappa shape index (κ2) is 12.8. The van der Waals surface area contributed by atoms with Gasteiger partial charge in [-0.15, -0.1) is 0 Å². The molecule has 5 aliphatic rings. The van der Waals surface area contributed by atoms with Crippen LogP contribution < -0.4 is 20.7 Å². The Morgan fingerprint density at radius 3 is 1.07 bits per heavy atom. The van der Waals surface area contributed by atoms with Gasteiger partial charge < -0.3 is 0 Å². The van der Waals surface area contributed by atoms with Crippen LogP contribution in [0.15, 0.2) is 170 Å². The number of hydrogen-bond acceptors (Lipinski definition) is 0. The second-order valence-electron chi connectivity index (χ2n) is 19.0. The maximum atomic E-state index is 2.48. The quantitative estimate of drug-likeness (QED) is 0.123. The lowest BCUT2D eigenvalue weighted by Gasteiger charge is -2.24. The average molecular weight is 811 g/mol. The summed E-state index contributed by atoms with van der Waals surface area (Å²) in [5.74, 6) is 0. The van der Waals surface area contributed by atoms with Gasteiger partial charge in [-0.05, 0) is 146 Å². The fraction of sp³-hybridized carbons (Fsp3) is 0.119. The minimum absolute atomic E-state index is 0.0947. The van der Waals surface area contributed by atoms with Gasteiger partial charge in [0.15, 0.2) is 0 Å². The van der Waals surface area contributed by atoms with Gasteiger partial charge in [-0.1, -0.05) is 196 Å². The van der Waals surface area contributed by atoms with Gasteiger partial charge in [0.1, 0.15) is 16.1 Å². The number of rotatable bonds is 4. The van der Waals surface area contributed by atoms with Gasteiger partial charge >= 0.3 is 0 Å². The highest BCUT2D eigenvalue weighted by atomic mass is 28.3. The van der Waals surface area contributed by atoms with E-state index >= 15 is 0 Å².